The van der Waals surface area contributed by atoms with Gasteiger partial charge >= 0.3 is 0 Å². The minimum atomic E-state index is 0.717. The van der Waals surface area contributed by atoms with Gasteiger partial charge in [-0.2, -0.15) is 0 Å². The SMILES string of the molecule is CC(=NCCCOCCCOCCCN=C(C)c1ccc(N)cc1)c1ccc(N)cc1. The highest BCUT2D eigenvalue weighted by atomic mass is 16.5. The summed E-state index contributed by atoms with van der Waals surface area (Å²) in [5.74, 6) is 0. The summed E-state index contributed by atoms with van der Waals surface area (Å²) >= 11 is 0. The van der Waals surface area contributed by atoms with Gasteiger partial charge in [-0.25, -0.2) is 0 Å². The van der Waals surface area contributed by atoms with Crippen molar-refractivity contribution in [2.75, 3.05) is 51.0 Å². The fourth-order valence-corrected chi connectivity index (χ4v) is 2.93. The van der Waals surface area contributed by atoms with E-state index in [9.17, 15) is 0 Å². The maximum absolute atomic E-state index is 5.71. The summed E-state index contributed by atoms with van der Waals surface area (Å²) in [4.78, 5) is 9.18. The second-order valence-corrected chi connectivity index (χ2v) is 7.46. The second-order valence-electron chi connectivity index (χ2n) is 7.46. The number of anilines is 2. The van der Waals surface area contributed by atoms with Crippen molar-refractivity contribution < 1.29 is 9.47 Å². The zero-order valence-electron chi connectivity index (χ0n) is 18.8. The molecule has 0 aromatic heterocycles. The predicted molar refractivity (Wildman–Crippen MR) is 131 cm³/mol. The monoisotopic (exact) mass is 424 g/mol. The van der Waals surface area contributed by atoms with E-state index in [0.29, 0.717) is 0 Å². The van der Waals surface area contributed by atoms with Crippen molar-refractivity contribution in [3.63, 3.8) is 0 Å². The molecule has 6 heteroatoms. The first-order valence-electron chi connectivity index (χ1n) is 11.0. The summed E-state index contributed by atoms with van der Waals surface area (Å²) in [6.45, 7) is 8.45. The number of aliphatic imine (C=N–C) groups is 2. The van der Waals surface area contributed by atoms with Crippen molar-refractivity contribution in [3.8, 4) is 0 Å². The Morgan fingerprint density at radius 3 is 1.35 bits per heavy atom. The third-order valence-electron chi connectivity index (χ3n) is 4.83. The van der Waals surface area contributed by atoms with E-state index in [4.69, 9.17) is 20.9 Å². The molecule has 0 saturated heterocycles. The molecule has 0 radical (unpaired) electrons. The van der Waals surface area contributed by atoms with Gasteiger partial charge in [-0.1, -0.05) is 24.3 Å². The Labute approximate surface area is 186 Å². The maximum atomic E-state index is 5.71. The Morgan fingerprint density at radius 1 is 0.613 bits per heavy atom. The van der Waals surface area contributed by atoms with Crippen LogP contribution in [0.3, 0.4) is 0 Å². The van der Waals surface area contributed by atoms with Crippen molar-refractivity contribution in [1.82, 2.24) is 0 Å². The van der Waals surface area contributed by atoms with Crippen molar-refractivity contribution in [2.24, 2.45) is 9.98 Å². The van der Waals surface area contributed by atoms with E-state index in [0.717, 1.165) is 92.7 Å². The fourth-order valence-electron chi connectivity index (χ4n) is 2.93. The first-order chi connectivity index (χ1) is 15.1. The van der Waals surface area contributed by atoms with Gasteiger partial charge in [0.1, 0.15) is 0 Å². The third-order valence-corrected chi connectivity index (χ3v) is 4.83. The lowest BCUT2D eigenvalue weighted by atomic mass is 10.1. The van der Waals surface area contributed by atoms with Crippen molar-refractivity contribution in [1.29, 1.82) is 0 Å². The highest BCUT2D eigenvalue weighted by molar-refractivity contribution is 5.99. The second kappa shape index (κ2) is 14.3. The highest BCUT2D eigenvalue weighted by Crippen LogP contribution is 2.08. The molecule has 2 aromatic rings. The number of nitrogens with zero attached hydrogens (tertiary/aromatic N) is 2. The Morgan fingerprint density at radius 2 is 0.968 bits per heavy atom. The van der Waals surface area contributed by atoms with Crippen molar-refractivity contribution in [2.45, 2.75) is 33.1 Å². The van der Waals surface area contributed by atoms with E-state index < -0.39 is 0 Å². The van der Waals surface area contributed by atoms with Gasteiger partial charge in [0.25, 0.3) is 0 Å². The summed E-state index contributed by atoms with van der Waals surface area (Å²) in [7, 11) is 0. The number of benzene rings is 2. The van der Waals surface area contributed by atoms with Crippen LogP contribution in [-0.4, -0.2) is 50.9 Å². The molecule has 0 fully saturated rings. The van der Waals surface area contributed by atoms with E-state index in [1.54, 1.807) is 0 Å². The van der Waals surface area contributed by atoms with Crippen molar-refractivity contribution in [3.05, 3.63) is 59.7 Å². The largest absolute Gasteiger partial charge is 0.399 e. The summed E-state index contributed by atoms with van der Waals surface area (Å²) in [6, 6.07) is 15.6. The first kappa shape index (κ1) is 24.6. The molecule has 2 aromatic carbocycles. The molecule has 0 aliphatic carbocycles. The van der Waals surface area contributed by atoms with Crippen molar-refractivity contribution >= 4 is 22.8 Å². The smallest absolute Gasteiger partial charge is 0.0488 e. The van der Waals surface area contributed by atoms with Crippen LogP contribution < -0.4 is 11.5 Å². The van der Waals surface area contributed by atoms with Crippen LogP contribution in [0, 0.1) is 0 Å². The van der Waals surface area contributed by atoms with Gasteiger partial charge in [0.15, 0.2) is 0 Å². The van der Waals surface area contributed by atoms with Crippen LogP contribution >= 0.6 is 0 Å². The van der Waals surface area contributed by atoms with Crippen LogP contribution in [0.1, 0.15) is 44.2 Å². The molecule has 0 spiro atoms. The van der Waals surface area contributed by atoms with E-state index in [2.05, 4.69) is 9.98 Å². The molecule has 31 heavy (non-hydrogen) atoms. The minimum absolute atomic E-state index is 0.717. The van der Waals surface area contributed by atoms with E-state index >= 15 is 0 Å². The van der Waals surface area contributed by atoms with Crippen LogP contribution in [-0.2, 0) is 9.47 Å². The molecule has 2 rings (SSSR count). The molecule has 0 bridgehead atoms. The van der Waals surface area contributed by atoms with Gasteiger partial charge in [0, 0.05) is 62.3 Å². The molecule has 0 aliphatic heterocycles. The number of ether oxygens (including phenoxy) is 2. The van der Waals surface area contributed by atoms with E-state index in [1.165, 1.54) is 0 Å². The lowest BCUT2D eigenvalue weighted by Gasteiger charge is -2.06. The molecule has 168 valence electrons. The zero-order chi connectivity index (χ0) is 22.3. The number of rotatable bonds is 14. The minimum Gasteiger partial charge on any atom is -0.399 e. The molecular weight excluding hydrogens is 388 g/mol. The van der Waals surface area contributed by atoms with Gasteiger partial charge in [0.05, 0.1) is 0 Å². The van der Waals surface area contributed by atoms with Gasteiger partial charge in [-0.05, 0) is 68.5 Å². The lowest BCUT2D eigenvalue weighted by Crippen LogP contribution is -2.05. The summed E-state index contributed by atoms with van der Waals surface area (Å²) < 4.78 is 11.3. The number of hydrogen-bond acceptors (Lipinski definition) is 6. The molecule has 0 atom stereocenters. The zero-order valence-corrected chi connectivity index (χ0v) is 18.8. The number of nitrogen functional groups attached to an aromatic ring is 2. The Hall–Kier alpha value is -2.70. The van der Waals surface area contributed by atoms with Gasteiger partial charge in [0.2, 0.25) is 0 Å². The first-order valence-corrected chi connectivity index (χ1v) is 11.0. The van der Waals surface area contributed by atoms with Gasteiger partial charge in [-0.3, -0.25) is 9.98 Å². The van der Waals surface area contributed by atoms with Crippen LogP contribution in [0.5, 0.6) is 0 Å². The van der Waals surface area contributed by atoms with Crippen LogP contribution in [0.2, 0.25) is 0 Å². The number of nitrogens with two attached hydrogens (primary N) is 2. The normalized spacial score (nSPS) is 12.3. The van der Waals surface area contributed by atoms with Crippen LogP contribution in [0.15, 0.2) is 58.5 Å². The molecular formula is C25H36N4O2. The van der Waals surface area contributed by atoms with Crippen LogP contribution in [0.25, 0.3) is 0 Å². The lowest BCUT2D eigenvalue weighted by molar-refractivity contribution is 0.0821. The average molecular weight is 425 g/mol. The standard InChI is InChI=1S/C25H36N4O2/c1-20(22-6-10-24(26)11-7-22)28-14-3-16-30-18-5-19-31-17-4-15-29-21(2)23-8-12-25(27)13-9-23/h6-13H,3-5,14-19,26-27H2,1-2H3. The molecule has 0 amide bonds. The summed E-state index contributed by atoms with van der Waals surface area (Å²) in [6.07, 6.45) is 2.73. The number of hydrogen-bond donors (Lipinski definition) is 2. The Kier molecular flexibility index (Phi) is 11.4. The van der Waals surface area contributed by atoms with E-state index in [-0.39, 0.29) is 0 Å². The molecule has 4 N–H and O–H groups in total. The molecule has 0 aliphatic rings. The Balaban J connectivity index is 1.42. The quantitative estimate of drug-likeness (QED) is 0.267. The molecule has 0 unspecified atom stereocenters. The van der Waals surface area contributed by atoms with Crippen LogP contribution in [0.4, 0.5) is 11.4 Å². The Bertz CT molecular complexity index is 745. The molecule has 6 nitrogen and oxygen atoms in total. The predicted octanol–water partition coefficient (Wildman–Crippen LogP) is 4.37. The molecule has 0 saturated carbocycles. The van der Waals surface area contributed by atoms with E-state index in [1.807, 2.05) is 62.4 Å². The fraction of sp³-hybridized carbons (Fsp3) is 0.440. The van der Waals surface area contributed by atoms with Gasteiger partial charge in [-0.15, -0.1) is 0 Å². The molecule has 0 heterocycles. The van der Waals surface area contributed by atoms with Gasteiger partial charge < -0.3 is 20.9 Å². The average Bonchev–Trinajstić information content (AvgIpc) is 2.77. The maximum Gasteiger partial charge on any atom is 0.0488 e. The highest BCUT2D eigenvalue weighted by Gasteiger charge is 1.98. The third kappa shape index (κ3) is 10.2. The summed E-state index contributed by atoms with van der Waals surface area (Å²) in [5, 5.41) is 0. The summed E-state index contributed by atoms with van der Waals surface area (Å²) in [5.41, 5.74) is 17.2. The topological polar surface area (TPSA) is 95.2 Å².